The Hall–Kier alpha value is -2.96. The third-order valence-corrected chi connectivity index (χ3v) is 2.95. The molecule has 1 aliphatic heterocycles. The van der Waals surface area contributed by atoms with Crippen LogP contribution >= 0.6 is 0 Å². The lowest BCUT2D eigenvalue weighted by Crippen LogP contribution is -2.37. The number of amides is 3. The normalized spacial score (nSPS) is 14.4. The molecule has 0 radical (unpaired) electrons. The number of imide groups is 1. The number of carbonyl (C=O) groups excluding carboxylic acids is 3. The quantitative estimate of drug-likeness (QED) is 0.392. The topological polar surface area (TPSA) is 130 Å². The molecular formula is C13H12N4O3. The summed E-state index contributed by atoms with van der Waals surface area (Å²) in [6.45, 7) is -0.349. The number of hydrogen-bond donors (Lipinski definition) is 3. The van der Waals surface area contributed by atoms with Crippen molar-refractivity contribution < 1.29 is 14.4 Å². The molecule has 7 heteroatoms. The first-order valence-electron chi connectivity index (χ1n) is 5.72. The summed E-state index contributed by atoms with van der Waals surface area (Å²) in [7, 11) is 0. The number of nitrogens with zero attached hydrogens (tertiary/aromatic N) is 1. The van der Waals surface area contributed by atoms with Gasteiger partial charge in [-0.3, -0.25) is 19.3 Å². The van der Waals surface area contributed by atoms with Gasteiger partial charge in [0.15, 0.2) is 0 Å². The van der Waals surface area contributed by atoms with E-state index in [9.17, 15) is 14.4 Å². The molecule has 102 valence electrons. The first-order chi connectivity index (χ1) is 9.47. The van der Waals surface area contributed by atoms with E-state index in [1.807, 2.05) is 0 Å². The molecule has 1 heterocycles. The molecule has 20 heavy (non-hydrogen) atoms. The molecule has 0 saturated heterocycles. The van der Waals surface area contributed by atoms with Crippen molar-refractivity contribution in [2.75, 3.05) is 6.54 Å². The summed E-state index contributed by atoms with van der Waals surface area (Å²) in [6, 6.07) is 6.36. The van der Waals surface area contributed by atoms with Gasteiger partial charge in [-0.25, -0.2) is 0 Å². The maximum atomic E-state index is 12.1. The van der Waals surface area contributed by atoms with Crippen molar-refractivity contribution in [3.8, 4) is 0 Å². The molecule has 7 nitrogen and oxygen atoms in total. The maximum Gasteiger partial charge on any atom is 0.261 e. The van der Waals surface area contributed by atoms with E-state index in [1.165, 1.54) is 12.1 Å². The number of hydrogen-bond acceptors (Lipinski definition) is 5. The minimum Gasteiger partial charge on any atom is -0.404 e. The van der Waals surface area contributed by atoms with Crippen LogP contribution in [0.5, 0.6) is 0 Å². The van der Waals surface area contributed by atoms with E-state index in [1.54, 1.807) is 12.1 Å². The minimum atomic E-state index is -0.880. The van der Waals surface area contributed by atoms with E-state index in [2.05, 4.69) is 0 Å². The third kappa shape index (κ3) is 2.05. The van der Waals surface area contributed by atoms with Crippen LogP contribution < -0.4 is 11.5 Å². The van der Waals surface area contributed by atoms with Gasteiger partial charge in [0.1, 0.15) is 0 Å². The summed E-state index contributed by atoms with van der Waals surface area (Å²) in [5, 5.41) is 7.73. The van der Waals surface area contributed by atoms with Crippen molar-refractivity contribution in [2.24, 2.45) is 11.5 Å². The molecule has 0 atom stereocenters. The molecule has 0 spiro atoms. The van der Waals surface area contributed by atoms with Crippen molar-refractivity contribution in [3.05, 3.63) is 47.2 Å². The Balaban J connectivity index is 2.25. The molecule has 0 unspecified atom stereocenters. The van der Waals surface area contributed by atoms with Gasteiger partial charge in [-0.2, -0.15) is 0 Å². The SMILES string of the molecule is N=C(CN1C(=O)c2ccccc2C1=O)/C(=C\N)C(N)=O. The fourth-order valence-electron chi connectivity index (χ4n) is 1.96. The van der Waals surface area contributed by atoms with Crippen LogP contribution in [0.3, 0.4) is 0 Å². The second-order valence-electron chi connectivity index (χ2n) is 4.17. The second-order valence-corrected chi connectivity index (χ2v) is 4.17. The zero-order chi connectivity index (χ0) is 14.9. The first-order valence-corrected chi connectivity index (χ1v) is 5.72. The number of fused-ring (bicyclic) bond motifs is 1. The number of nitrogens with one attached hydrogen (secondary N) is 1. The largest absolute Gasteiger partial charge is 0.404 e. The van der Waals surface area contributed by atoms with Crippen molar-refractivity contribution in [3.63, 3.8) is 0 Å². The van der Waals surface area contributed by atoms with Crippen LogP contribution in [0.1, 0.15) is 20.7 Å². The van der Waals surface area contributed by atoms with E-state index in [0.29, 0.717) is 0 Å². The van der Waals surface area contributed by atoms with Crippen molar-refractivity contribution in [1.82, 2.24) is 4.90 Å². The highest BCUT2D eigenvalue weighted by atomic mass is 16.2. The fraction of sp³-hybridized carbons (Fsp3) is 0.0769. The number of benzene rings is 1. The molecule has 1 aromatic rings. The highest BCUT2D eigenvalue weighted by Crippen LogP contribution is 2.22. The van der Waals surface area contributed by atoms with Gasteiger partial charge in [-0.05, 0) is 12.1 Å². The van der Waals surface area contributed by atoms with Crippen LogP contribution in [0, 0.1) is 5.41 Å². The Kier molecular flexibility index (Phi) is 3.34. The van der Waals surface area contributed by atoms with Crippen molar-refractivity contribution in [2.45, 2.75) is 0 Å². The lowest BCUT2D eigenvalue weighted by atomic mass is 10.1. The molecular weight excluding hydrogens is 260 g/mol. The van der Waals surface area contributed by atoms with E-state index < -0.39 is 17.7 Å². The van der Waals surface area contributed by atoms with Crippen molar-refractivity contribution in [1.29, 1.82) is 5.41 Å². The van der Waals surface area contributed by atoms with Crippen LogP contribution in [0.4, 0.5) is 0 Å². The Labute approximate surface area is 114 Å². The summed E-state index contributed by atoms with van der Waals surface area (Å²) in [5.41, 5.74) is 10.3. The molecule has 0 aliphatic carbocycles. The average Bonchev–Trinajstić information content (AvgIpc) is 2.65. The molecule has 1 aliphatic rings. The van der Waals surface area contributed by atoms with Crippen LogP contribution in [0.15, 0.2) is 36.0 Å². The Morgan fingerprint density at radius 1 is 1.20 bits per heavy atom. The molecule has 1 aromatic carbocycles. The smallest absolute Gasteiger partial charge is 0.261 e. The Bertz CT molecular complexity index is 628. The van der Waals surface area contributed by atoms with Gasteiger partial charge in [0, 0.05) is 6.20 Å². The summed E-state index contributed by atoms with van der Waals surface area (Å²) in [6.07, 6.45) is 0.892. The monoisotopic (exact) mass is 272 g/mol. The van der Waals surface area contributed by atoms with E-state index >= 15 is 0 Å². The lowest BCUT2D eigenvalue weighted by molar-refractivity contribution is -0.114. The summed E-state index contributed by atoms with van der Waals surface area (Å²) in [4.78, 5) is 36.1. The standard InChI is InChI=1S/C13H12N4O3/c14-5-9(11(16)18)10(15)6-17-12(19)7-3-1-2-4-8(7)13(17)20/h1-5,15H,6,14H2,(H2,16,18)/b9-5+,15-10?. The summed E-state index contributed by atoms with van der Waals surface area (Å²) in [5.74, 6) is -1.89. The maximum absolute atomic E-state index is 12.1. The predicted octanol–water partition coefficient (Wildman–Crippen LogP) is -0.370. The minimum absolute atomic E-state index is 0.221. The molecule has 0 fully saturated rings. The Morgan fingerprint density at radius 2 is 1.70 bits per heavy atom. The van der Waals surface area contributed by atoms with Gasteiger partial charge in [0.2, 0.25) is 0 Å². The molecule has 0 aromatic heterocycles. The van der Waals surface area contributed by atoms with E-state index in [4.69, 9.17) is 16.9 Å². The Morgan fingerprint density at radius 3 is 2.10 bits per heavy atom. The van der Waals surface area contributed by atoms with Crippen LogP contribution in [0.25, 0.3) is 0 Å². The number of carbonyl (C=O) groups is 3. The van der Waals surface area contributed by atoms with Crippen LogP contribution in [-0.4, -0.2) is 34.9 Å². The van der Waals surface area contributed by atoms with Gasteiger partial charge >= 0.3 is 0 Å². The lowest BCUT2D eigenvalue weighted by Gasteiger charge is -2.14. The van der Waals surface area contributed by atoms with Gasteiger partial charge < -0.3 is 16.9 Å². The van der Waals surface area contributed by atoms with E-state index in [-0.39, 0.29) is 29.0 Å². The van der Waals surface area contributed by atoms with Gasteiger partial charge in [-0.15, -0.1) is 0 Å². The highest BCUT2D eigenvalue weighted by molar-refractivity contribution is 6.26. The third-order valence-electron chi connectivity index (χ3n) is 2.95. The number of rotatable bonds is 4. The molecule has 3 amide bonds. The average molecular weight is 272 g/mol. The molecule has 2 rings (SSSR count). The van der Waals surface area contributed by atoms with E-state index in [0.717, 1.165) is 11.1 Å². The second kappa shape index (κ2) is 4.96. The summed E-state index contributed by atoms with van der Waals surface area (Å²) >= 11 is 0. The number of primary amides is 1. The molecule has 5 N–H and O–H groups in total. The zero-order valence-corrected chi connectivity index (χ0v) is 10.4. The van der Waals surface area contributed by atoms with Crippen LogP contribution in [-0.2, 0) is 4.79 Å². The first kappa shape index (κ1) is 13.5. The highest BCUT2D eigenvalue weighted by Gasteiger charge is 2.36. The molecule has 0 saturated carbocycles. The zero-order valence-electron chi connectivity index (χ0n) is 10.4. The summed E-state index contributed by atoms with van der Waals surface area (Å²) < 4.78 is 0. The molecule has 0 bridgehead atoms. The number of nitrogens with two attached hydrogens (primary N) is 2. The fourth-order valence-corrected chi connectivity index (χ4v) is 1.96. The van der Waals surface area contributed by atoms with Crippen LogP contribution in [0.2, 0.25) is 0 Å². The van der Waals surface area contributed by atoms with Gasteiger partial charge in [-0.1, -0.05) is 12.1 Å². The van der Waals surface area contributed by atoms with Gasteiger partial charge in [0.05, 0.1) is 29.0 Å². The predicted molar refractivity (Wildman–Crippen MR) is 71.0 cm³/mol. The van der Waals surface area contributed by atoms with Crippen molar-refractivity contribution >= 4 is 23.4 Å². The van der Waals surface area contributed by atoms with Gasteiger partial charge in [0.25, 0.3) is 17.7 Å².